The first kappa shape index (κ1) is 12.2. The third-order valence-electron chi connectivity index (χ3n) is 3.71. The zero-order valence-corrected chi connectivity index (χ0v) is 10.9. The van der Waals surface area contributed by atoms with E-state index in [9.17, 15) is 4.79 Å². The Morgan fingerprint density at radius 3 is 2.81 bits per heavy atom. The van der Waals surface area contributed by atoms with Crippen LogP contribution in [0.15, 0.2) is 0 Å². The maximum Gasteiger partial charge on any atom is 0.226 e. The summed E-state index contributed by atoms with van der Waals surface area (Å²) in [6.07, 6.45) is 6.59. The predicted molar refractivity (Wildman–Crippen MR) is 68.7 cm³/mol. The number of likely N-dealkylation sites (tertiary alicyclic amines) is 1. The van der Waals surface area contributed by atoms with Gasteiger partial charge in [-0.15, -0.1) is 0 Å². The number of carbonyl (C=O) groups is 1. The van der Waals surface area contributed by atoms with Gasteiger partial charge in [0.25, 0.3) is 0 Å². The lowest BCUT2D eigenvalue weighted by molar-refractivity contribution is -0.136. The van der Waals surface area contributed by atoms with E-state index in [0.717, 1.165) is 38.2 Å². The van der Waals surface area contributed by atoms with Crippen LogP contribution in [0.1, 0.15) is 25.7 Å². The smallest absolute Gasteiger partial charge is 0.226 e. The van der Waals surface area contributed by atoms with E-state index in [1.807, 2.05) is 11.8 Å². The fourth-order valence-electron chi connectivity index (χ4n) is 2.79. The molecule has 92 valence electrons. The van der Waals surface area contributed by atoms with E-state index >= 15 is 0 Å². The van der Waals surface area contributed by atoms with Gasteiger partial charge in [-0.05, 0) is 45.0 Å². The van der Waals surface area contributed by atoms with Crippen LogP contribution in [0.25, 0.3) is 0 Å². The number of rotatable bonds is 3. The van der Waals surface area contributed by atoms with Crippen molar-refractivity contribution in [2.45, 2.75) is 31.7 Å². The first-order chi connectivity index (χ1) is 7.83. The Morgan fingerprint density at radius 2 is 2.12 bits per heavy atom. The molecule has 0 aromatic carbocycles. The maximum absolute atomic E-state index is 12.4. The highest BCUT2D eigenvalue weighted by molar-refractivity contribution is 7.98. The Labute approximate surface area is 102 Å². The summed E-state index contributed by atoms with van der Waals surface area (Å²) >= 11 is 1.86. The highest BCUT2D eigenvalue weighted by atomic mass is 32.2. The van der Waals surface area contributed by atoms with Gasteiger partial charge in [0.2, 0.25) is 5.91 Å². The quantitative estimate of drug-likeness (QED) is 0.810. The average Bonchev–Trinajstić information content (AvgIpc) is 2.78. The van der Waals surface area contributed by atoms with Crippen molar-refractivity contribution in [3.63, 3.8) is 0 Å². The van der Waals surface area contributed by atoms with Crippen molar-refractivity contribution < 1.29 is 4.79 Å². The molecule has 0 aromatic rings. The van der Waals surface area contributed by atoms with Gasteiger partial charge in [0, 0.05) is 24.3 Å². The van der Waals surface area contributed by atoms with Crippen LogP contribution in [0.5, 0.6) is 0 Å². The largest absolute Gasteiger partial charge is 0.339 e. The summed E-state index contributed by atoms with van der Waals surface area (Å²) in [7, 11) is 0. The van der Waals surface area contributed by atoms with E-state index in [1.54, 1.807) is 0 Å². The second kappa shape index (κ2) is 5.92. The molecule has 2 rings (SSSR count). The number of thioether (sulfide) groups is 1. The summed E-state index contributed by atoms with van der Waals surface area (Å²) in [5.74, 6) is 1.83. The van der Waals surface area contributed by atoms with Crippen molar-refractivity contribution in [1.82, 2.24) is 10.2 Å². The fraction of sp³-hybridized carbons (Fsp3) is 0.917. The van der Waals surface area contributed by atoms with E-state index in [2.05, 4.69) is 16.5 Å². The minimum Gasteiger partial charge on any atom is -0.339 e. The maximum atomic E-state index is 12.4. The lowest BCUT2D eigenvalue weighted by atomic mass is 9.96. The molecule has 2 heterocycles. The van der Waals surface area contributed by atoms with Crippen LogP contribution in [0.3, 0.4) is 0 Å². The molecular formula is C12H22N2OS. The molecule has 0 radical (unpaired) electrons. The van der Waals surface area contributed by atoms with Crippen molar-refractivity contribution in [3.8, 4) is 0 Å². The van der Waals surface area contributed by atoms with E-state index in [1.165, 1.54) is 12.8 Å². The molecule has 2 fully saturated rings. The summed E-state index contributed by atoms with van der Waals surface area (Å²) in [6.45, 7) is 3.02. The van der Waals surface area contributed by atoms with Crippen molar-refractivity contribution in [2.75, 3.05) is 31.6 Å². The van der Waals surface area contributed by atoms with Crippen LogP contribution in [0.4, 0.5) is 0 Å². The van der Waals surface area contributed by atoms with Gasteiger partial charge in [-0.2, -0.15) is 11.8 Å². The number of amides is 1. The molecule has 0 bridgehead atoms. The molecule has 0 aromatic heterocycles. The Balaban J connectivity index is 1.91. The zero-order chi connectivity index (χ0) is 11.4. The van der Waals surface area contributed by atoms with Crippen LogP contribution in [0.2, 0.25) is 0 Å². The van der Waals surface area contributed by atoms with Gasteiger partial charge in [0.1, 0.15) is 0 Å². The van der Waals surface area contributed by atoms with Gasteiger partial charge < -0.3 is 10.2 Å². The van der Waals surface area contributed by atoms with Crippen molar-refractivity contribution in [1.29, 1.82) is 0 Å². The number of piperidine rings is 1. The number of hydrogen-bond donors (Lipinski definition) is 1. The Hall–Kier alpha value is -0.220. The summed E-state index contributed by atoms with van der Waals surface area (Å²) in [6, 6.07) is 0.511. The molecule has 2 saturated heterocycles. The third-order valence-corrected chi connectivity index (χ3v) is 4.43. The predicted octanol–water partition coefficient (Wildman–Crippen LogP) is 1.34. The monoisotopic (exact) mass is 242 g/mol. The van der Waals surface area contributed by atoms with Crippen LogP contribution >= 0.6 is 11.8 Å². The lowest BCUT2D eigenvalue weighted by Crippen LogP contribution is -2.44. The lowest BCUT2D eigenvalue weighted by Gasteiger charge is -2.30. The van der Waals surface area contributed by atoms with E-state index in [0.29, 0.717) is 17.9 Å². The summed E-state index contributed by atoms with van der Waals surface area (Å²) < 4.78 is 0. The average molecular weight is 242 g/mol. The molecule has 4 heteroatoms. The highest BCUT2D eigenvalue weighted by Gasteiger charge is 2.32. The standard InChI is InChI=1S/C12H22N2OS/c1-16-9-11-3-2-8-14(11)12(15)10-4-6-13-7-5-10/h10-11,13H,2-9H2,1H3. The van der Waals surface area contributed by atoms with Crippen molar-refractivity contribution in [2.24, 2.45) is 5.92 Å². The van der Waals surface area contributed by atoms with Gasteiger partial charge in [-0.1, -0.05) is 0 Å². The van der Waals surface area contributed by atoms with Crippen molar-refractivity contribution >= 4 is 17.7 Å². The molecule has 0 saturated carbocycles. The SMILES string of the molecule is CSCC1CCCN1C(=O)C1CCNCC1. The number of nitrogens with zero attached hydrogens (tertiary/aromatic N) is 1. The molecule has 1 amide bonds. The van der Waals surface area contributed by atoms with Gasteiger partial charge in [0.05, 0.1) is 0 Å². The second-order valence-corrected chi connectivity index (χ2v) is 5.72. The molecule has 1 unspecified atom stereocenters. The molecular weight excluding hydrogens is 220 g/mol. The Bertz CT molecular complexity index is 241. The fourth-order valence-corrected chi connectivity index (χ4v) is 3.53. The molecule has 0 spiro atoms. The van der Waals surface area contributed by atoms with Gasteiger partial charge in [-0.3, -0.25) is 4.79 Å². The van der Waals surface area contributed by atoms with E-state index in [-0.39, 0.29) is 0 Å². The first-order valence-electron chi connectivity index (χ1n) is 6.33. The van der Waals surface area contributed by atoms with E-state index in [4.69, 9.17) is 0 Å². The first-order valence-corrected chi connectivity index (χ1v) is 7.72. The van der Waals surface area contributed by atoms with Crippen molar-refractivity contribution in [3.05, 3.63) is 0 Å². The number of nitrogens with one attached hydrogen (secondary N) is 1. The van der Waals surface area contributed by atoms with Crippen LogP contribution in [-0.2, 0) is 4.79 Å². The van der Waals surface area contributed by atoms with Crippen LogP contribution in [0, 0.1) is 5.92 Å². The molecule has 2 aliphatic heterocycles. The normalized spacial score (nSPS) is 27.3. The minimum atomic E-state index is 0.295. The molecule has 0 aliphatic carbocycles. The topological polar surface area (TPSA) is 32.3 Å². The minimum absolute atomic E-state index is 0.295. The van der Waals surface area contributed by atoms with Gasteiger partial charge >= 0.3 is 0 Å². The third kappa shape index (κ3) is 2.72. The van der Waals surface area contributed by atoms with Crippen LogP contribution in [-0.4, -0.2) is 48.5 Å². The zero-order valence-electron chi connectivity index (χ0n) is 10.1. The van der Waals surface area contributed by atoms with Gasteiger partial charge in [0.15, 0.2) is 0 Å². The Morgan fingerprint density at radius 1 is 1.38 bits per heavy atom. The molecule has 1 N–H and O–H groups in total. The molecule has 1 atom stereocenters. The number of hydrogen-bond acceptors (Lipinski definition) is 3. The number of carbonyl (C=O) groups excluding carboxylic acids is 1. The summed E-state index contributed by atoms with van der Waals surface area (Å²) in [5.41, 5.74) is 0. The molecule has 2 aliphatic rings. The second-order valence-electron chi connectivity index (χ2n) is 4.81. The summed E-state index contributed by atoms with van der Waals surface area (Å²) in [4.78, 5) is 14.5. The molecule has 16 heavy (non-hydrogen) atoms. The van der Waals surface area contributed by atoms with Crippen LogP contribution < -0.4 is 5.32 Å². The highest BCUT2D eigenvalue weighted by Crippen LogP contribution is 2.25. The van der Waals surface area contributed by atoms with E-state index < -0.39 is 0 Å². The molecule has 3 nitrogen and oxygen atoms in total. The Kier molecular flexibility index (Phi) is 4.53. The summed E-state index contributed by atoms with van der Waals surface area (Å²) in [5, 5.41) is 3.32. The van der Waals surface area contributed by atoms with Gasteiger partial charge in [-0.25, -0.2) is 0 Å².